The van der Waals surface area contributed by atoms with E-state index in [-0.39, 0.29) is 18.4 Å². The van der Waals surface area contributed by atoms with Gasteiger partial charge in [0, 0.05) is 21.9 Å². The molecule has 0 saturated heterocycles. The summed E-state index contributed by atoms with van der Waals surface area (Å²) in [7, 11) is 3.06. The van der Waals surface area contributed by atoms with Gasteiger partial charge in [-0.05, 0) is 48.5 Å². The van der Waals surface area contributed by atoms with Crippen molar-refractivity contribution in [2.24, 2.45) is 0 Å². The van der Waals surface area contributed by atoms with E-state index in [0.29, 0.717) is 34.2 Å². The molecule has 0 fully saturated rings. The van der Waals surface area contributed by atoms with E-state index in [4.69, 9.17) is 14.2 Å². The van der Waals surface area contributed by atoms with E-state index < -0.39 is 0 Å². The molecule has 0 radical (unpaired) electrons. The van der Waals surface area contributed by atoms with Crippen molar-refractivity contribution in [3.8, 4) is 17.2 Å². The number of para-hydroxylation sites is 1. The van der Waals surface area contributed by atoms with Crippen LogP contribution in [0, 0.1) is 0 Å². The van der Waals surface area contributed by atoms with Crippen LogP contribution in [0.3, 0.4) is 0 Å². The summed E-state index contributed by atoms with van der Waals surface area (Å²) in [6.07, 6.45) is 0. The molecule has 7 nitrogen and oxygen atoms in total. The summed E-state index contributed by atoms with van der Waals surface area (Å²) < 4.78 is 17.0. The first-order valence-electron chi connectivity index (χ1n) is 9.31. The van der Waals surface area contributed by atoms with E-state index in [1.165, 1.54) is 14.2 Å². The summed E-state index contributed by atoms with van der Waals surface area (Å²) in [5, 5.41) is 5.54. The Hall–Kier alpha value is -3.52. The van der Waals surface area contributed by atoms with E-state index in [9.17, 15) is 9.59 Å². The Morgan fingerprint density at radius 1 is 0.806 bits per heavy atom. The third-order valence-electron chi connectivity index (χ3n) is 4.26. The predicted molar refractivity (Wildman–Crippen MR) is 122 cm³/mol. The molecule has 0 saturated carbocycles. The summed E-state index contributed by atoms with van der Waals surface area (Å²) in [4.78, 5) is 25.0. The van der Waals surface area contributed by atoms with Gasteiger partial charge in [-0.3, -0.25) is 9.59 Å². The second kappa shape index (κ2) is 10.5. The number of carbonyl (C=O) groups excluding carboxylic acids is 2. The third-order valence-corrected chi connectivity index (χ3v) is 4.79. The summed E-state index contributed by atoms with van der Waals surface area (Å²) in [6.45, 7) is -0.239. The molecule has 0 atom stereocenters. The molecule has 0 aliphatic carbocycles. The normalized spacial score (nSPS) is 10.2. The molecular formula is C23H21BrN2O5. The van der Waals surface area contributed by atoms with E-state index >= 15 is 0 Å². The molecule has 2 amide bonds. The van der Waals surface area contributed by atoms with Crippen LogP contribution in [0.25, 0.3) is 0 Å². The standard InChI is InChI=1S/C23H21BrN2O5/c1-29-20-12-11-17(13-21(20)30-2)26-23(28)18-5-3-4-6-19(18)31-14-22(27)25-16-9-7-15(24)8-10-16/h3-13H,14H2,1-2H3,(H,25,27)(H,26,28). The lowest BCUT2D eigenvalue weighted by molar-refractivity contribution is -0.118. The quantitative estimate of drug-likeness (QED) is 0.482. The van der Waals surface area contributed by atoms with E-state index in [1.807, 2.05) is 12.1 Å². The summed E-state index contributed by atoms with van der Waals surface area (Å²) in [5.74, 6) is 0.635. The molecular weight excluding hydrogens is 464 g/mol. The van der Waals surface area contributed by atoms with Crippen molar-refractivity contribution in [1.29, 1.82) is 0 Å². The molecule has 0 aromatic heterocycles. The number of benzene rings is 3. The highest BCUT2D eigenvalue weighted by Crippen LogP contribution is 2.30. The lowest BCUT2D eigenvalue weighted by Crippen LogP contribution is -2.21. The third kappa shape index (κ3) is 5.99. The van der Waals surface area contributed by atoms with Crippen molar-refractivity contribution < 1.29 is 23.8 Å². The van der Waals surface area contributed by atoms with Gasteiger partial charge in [-0.25, -0.2) is 0 Å². The zero-order chi connectivity index (χ0) is 22.2. The topological polar surface area (TPSA) is 85.9 Å². The van der Waals surface area contributed by atoms with E-state index in [0.717, 1.165) is 4.47 Å². The van der Waals surface area contributed by atoms with Crippen molar-refractivity contribution in [3.63, 3.8) is 0 Å². The van der Waals surface area contributed by atoms with Crippen LogP contribution >= 0.6 is 15.9 Å². The predicted octanol–water partition coefficient (Wildman–Crippen LogP) is 4.74. The molecule has 3 aromatic rings. The number of anilines is 2. The first kappa shape index (κ1) is 22.2. The van der Waals surface area contributed by atoms with Crippen LogP contribution in [0.5, 0.6) is 17.2 Å². The Kier molecular flexibility index (Phi) is 7.50. The van der Waals surface area contributed by atoms with Gasteiger partial charge in [-0.15, -0.1) is 0 Å². The van der Waals surface area contributed by atoms with Crippen LogP contribution in [0.4, 0.5) is 11.4 Å². The second-order valence-electron chi connectivity index (χ2n) is 6.36. The van der Waals surface area contributed by atoms with Crippen LogP contribution in [-0.4, -0.2) is 32.6 Å². The Morgan fingerprint density at radius 3 is 2.19 bits per heavy atom. The van der Waals surface area contributed by atoms with Crippen LogP contribution in [0.15, 0.2) is 71.2 Å². The average molecular weight is 485 g/mol. The minimum atomic E-state index is -0.379. The van der Waals surface area contributed by atoms with Crippen molar-refractivity contribution in [1.82, 2.24) is 0 Å². The summed E-state index contributed by atoms with van der Waals surface area (Å²) in [5.41, 5.74) is 1.48. The molecule has 0 heterocycles. The Balaban J connectivity index is 1.66. The minimum Gasteiger partial charge on any atom is -0.493 e. The van der Waals surface area contributed by atoms with Crippen molar-refractivity contribution in [2.45, 2.75) is 0 Å². The second-order valence-corrected chi connectivity index (χ2v) is 7.28. The van der Waals surface area contributed by atoms with Gasteiger partial charge < -0.3 is 24.8 Å². The maximum absolute atomic E-state index is 12.8. The molecule has 8 heteroatoms. The maximum atomic E-state index is 12.8. The van der Waals surface area contributed by atoms with Gasteiger partial charge in [-0.1, -0.05) is 28.1 Å². The number of nitrogens with one attached hydrogen (secondary N) is 2. The van der Waals surface area contributed by atoms with Gasteiger partial charge in [0.05, 0.1) is 19.8 Å². The SMILES string of the molecule is COc1ccc(NC(=O)c2ccccc2OCC(=O)Nc2ccc(Br)cc2)cc1OC. The van der Waals surface area contributed by atoms with Crippen molar-refractivity contribution in [3.05, 3.63) is 76.8 Å². The molecule has 2 N–H and O–H groups in total. The fourth-order valence-electron chi connectivity index (χ4n) is 2.77. The molecule has 0 aliphatic heterocycles. The number of ether oxygens (including phenoxy) is 3. The zero-order valence-electron chi connectivity index (χ0n) is 17.0. The van der Waals surface area contributed by atoms with Crippen LogP contribution in [0.1, 0.15) is 10.4 Å². The van der Waals surface area contributed by atoms with Crippen molar-refractivity contribution in [2.75, 3.05) is 31.5 Å². The van der Waals surface area contributed by atoms with Gasteiger partial charge in [-0.2, -0.15) is 0 Å². The number of hydrogen-bond donors (Lipinski definition) is 2. The maximum Gasteiger partial charge on any atom is 0.262 e. The van der Waals surface area contributed by atoms with Gasteiger partial charge in [0.1, 0.15) is 5.75 Å². The molecule has 31 heavy (non-hydrogen) atoms. The number of rotatable bonds is 8. The highest BCUT2D eigenvalue weighted by molar-refractivity contribution is 9.10. The van der Waals surface area contributed by atoms with Gasteiger partial charge in [0.25, 0.3) is 11.8 Å². The minimum absolute atomic E-state index is 0.239. The number of halogens is 1. The zero-order valence-corrected chi connectivity index (χ0v) is 18.6. The van der Waals surface area contributed by atoms with Crippen LogP contribution in [0.2, 0.25) is 0 Å². The smallest absolute Gasteiger partial charge is 0.262 e. The lowest BCUT2D eigenvalue weighted by atomic mass is 10.1. The van der Waals surface area contributed by atoms with Crippen LogP contribution < -0.4 is 24.8 Å². The van der Waals surface area contributed by atoms with E-state index in [1.54, 1.807) is 54.6 Å². The van der Waals surface area contributed by atoms with Gasteiger partial charge in [0.2, 0.25) is 0 Å². The Bertz CT molecular complexity index is 1070. The Labute approximate surface area is 188 Å². The van der Waals surface area contributed by atoms with E-state index in [2.05, 4.69) is 26.6 Å². The molecule has 3 rings (SSSR count). The first-order chi connectivity index (χ1) is 15.0. The molecule has 0 spiro atoms. The van der Waals surface area contributed by atoms with Crippen LogP contribution in [-0.2, 0) is 4.79 Å². The summed E-state index contributed by atoms with van der Waals surface area (Å²) >= 11 is 3.34. The number of hydrogen-bond acceptors (Lipinski definition) is 5. The monoisotopic (exact) mass is 484 g/mol. The number of amides is 2. The number of methoxy groups -OCH3 is 2. The number of carbonyl (C=O) groups is 2. The van der Waals surface area contributed by atoms with Gasteiger partial charge in [0.15, 0.2) is 18.1 Å². The van der Waals surface area contributed by atoms with Crippen molar-refractivity contribution >= 4 is 39.1 Å². The fraction of sp³-hybridized carbons (Fsp3) is 0.130. The lowest BCUT2D eigenvalue weighted by Gasteiger charge is -2.13. The van der Waals surface area contributed by atoms with Gasteiger partial charge >= 0.3 is 0 Å². The summed E-state index contributed by atoms with van der Waals surface area (Å²) in [6, 6.07) is 19.0. The fourth-order valence-corrected chi connectivity index (χ4v) is 3.03. The average Bonchev–Trinajstić information content (AvgIpc) is 2.79. The Morgan fingerprint density at radius 2 is 1.48 bits per heavy atom. The molecule has 0 aliphatic rings. The highest BCUT2D eigenvalue weighted by atomic mass is 79.9. The molecule has 0 bridgehead atoms. The largest absolute Gasteiger partial charge is 0.493 e. The molecule has 160 valence electrons. The molecule has 0 unspecified atom stereocenters. The first-order valence-corrected chi connectivity index (χ1v) is 10.1. The molecule has 3 aromatic carbocycles. The highest BCUT2D eigenvalue weighted by Gasteiger charge is 2.15.